The molecular formula is C24H19F4N7O4. The van der Waals surface area contributed by atoms with Gasteiger partial charge in [0, 0.05) is 31.8 Å². The average molecular weight is 545 g/mol. The smallest absolute Gasteiger partial charge is 0.399 e. The summed E-state index contributed by atoms with van der Waals surface area (Å²) < 4.78 is 65.7. The van der Waals surface area contributed by atoms with Crippen LogP contribution in [0.2, 0.25) is 0 Å². The quantitative estimate of drug-likeness (QED) is 0.350. The van der Waals surface area contributed by atoms with Gasteiger partial charge in [0.2, 0.25) is 5.75 Å². The zero-order valence-corrected chi connectivity index (χ0v) is 20.5. The van der Waals surface area contributed by atoms with Crippen molar-refractivity contribution in [2.45, 2.75) is 24.9 Å². The molecule has 0 radical (unpaired) electrons. The maximum atomic E-state index is 15.0. The molecule has 0 spiro atoms. The van der Waals surface area contributed by atoms with E-state index in [-0.39, 0.29) is 28.1 Å². The number of aromatic hydroxyl groups is 1. The molecule has 1 amide bonds. The summed E-state index contributed by atoms with van der Waals surface area (Å²) in [5, 5.41) is 29.7. The van der Waals surface area contributed by atoms with Gasteiger partial charge in [0.25, 0.3) is 11.5 Å². The Hall–Kier alpha value is -5.00. The summed E-state index contributed by atoms with van der Waals surface area (Å²) >= 11 is 0. The van der Waals surface area contributed by atoms with Gasteiger partial charge in [0.1, 0.15) is 29.5 Å². The van der Waals surface area contributed by atoms with E-state index in [2.05, 4.69) is 25.1 Å². The number of hydrogen-bond acceptors (Lipinski definition) is 8. The minimum absolute atomic E-state index is 0.0157. The fourth-order valence-corrected chi connectivity index (χ4v) is 4.33. The summed E-state index contributed by atoms with van der Waals surface area (Å²) in [7, 11) is 2.41. The van der Waals surface area contributed by atoms with Crippen LogP contribution in [0, 0.1) is 24.1 Å². The molecule has 0 saturated carbocycles. The minimum Gasteiger partial charge on any atom is -0.501 e. The number of aromatic nitrogens is 5. The summed E-state index contributed by atoms with van der Waals surface area (Å²) in [6.45, 7) is 1.43. The number of nitrogens with one attached hydrogen (secondary N) is 1. The number of nitriles is 1. The number of carbonyl (C=O) groups excluding carboxylic acids is 1. The molecule has 3 aromatic heterocycles. The van der Waals surface area contributed by atoms with Crippen LogP contribution in [0.5, 0.6) is 5.75 Å². The second-order valence-electron chi connectivity index (χ2n) is 8.58. The van der Waals surface area contributed by atoms with Gasteiger partial charge >= 0.3 is 6.18 Å². The lowest BCUT2D eigenvalue weighted by Crippen LogP contribution is -2.36. The average Bonchev–Trinajstić information content (AvgIpc) is 3.49. The predicted molar refractivity (Wildman–Crippen MR) is 125 cm³/mol. The molecule has 0 bridgehead atoms. The van der Waals surface area contributed by atoms with E-state index in [0.29, 0.717) is 4.57 Å². The summed E-state index contributed by atoms with van der Waals surface area (Å²) in [6.07, 6.45) is -1.81. The molecule has 4 rings (SSSR count). The third kappa shape index (κ3) is 5.08. The fourth-order valence-electron chi connectivity index (χ4n) is 4.33. The molecule has 11 nitrogen and oxygen atoms in total. The van der Waals surface area contributed by atoms with Crippen LogP contribution in [-0.2, 0) is 14.1 Å². The van der Waals surface area contributed by atoms with Crippen LogP contribution in [0.15, 0.2) is 46.2 Å². The predicted octanol–water partition coefficient (Wildman–Crippen LogP) is 3.26. The Kier molecular flexibility index (Phi) is 6.97. The Morgan fingerprint density at radius 3 is 2.54 bits per heavy atom. The van der Waals surface area contributed by atoms with E-state index in [1.807, 2.05) is 0 Å². The number of aryl methyl sites for hydroxylation is 2. The standard InChI is InChI=1S/C24H19F4N7O4/c1-11-16(9-34(2)33-11)17(15-6-13(25)5-4-12(15)7-29)18(24(26,27)28)21-32-19(20(36)23(38)35(21)3)22(37)31-14-8-30-39-10-14/h4-6,8-10,17-18,36H,1-3H3,(H,31,37)/t17-,18+/m1/s1. The number of benzene rings is 1. The fraction of sp³-hybridized carbons (Fsp3) is 0.250. The molecule has 15 heteroatoms. The maximum absolute atomic E-state index is 15.0. The number of rotatable bonds is 6. The van der Waals surface area contributed by atoms with E-state index < -0.39 is 52.6 Å². The van der Waals surface area contributed by atoms with Crippen LogP contribution in [0.3, 0.4) is 0 Å². The van der Waals surface area contributed by atoms with Crippen molar-refractivity contribution in [1.82, 2.24) is 24.5 Å². The van der Waals surface area contributed by atoms with Crippen molar-refractivity contribution < 1.29 is 32.0 Å². The first-order valence-electron chi connectivity index (χ1n) is 11.1. The zero-order valence-electron chi connectivity index (χ0n) is 20.5. The van der Waals surface area contributed by atoms with Crippen molar-refractivity contribution in [2.24, 2.45) is 14.1 Å². The second kappa shape index (κ2) is 10.0. The van der Waals surface area contributed by atoms with E-state index in [9.17, 15) is 24.3 Å². The van der Waals surface area contributed by atoms with Crippen LogP contribution in [-0.4, -0.2) is 41.7 Å². The summed E-state index contributed by atoms with van der Waals surface area (Å²) in [5.74, 6) is -8.82. The van der Waals surface area contributed by atoms with Crippen molar-refractivity contribution >= 4 is 11.6 Å². The monoisotopic (exact) mass is 545 g/mol. The van der Waals surface area contributed by atoms with Gasteiger partial charge in [-0.3, -0.25) is 18.8 Å². The Labute approximate surface area is 216 Å². The Bertz CT molecular complexity index is 1650. The third-order valence-electron chi connectivity index (χ3n) is 6.03. The summed E-state index contributed by atoms with van der Waals surface area (Å²) in [4.78, 5) is 29.4. The largest absolute Gasteiger partial charge is 0.501 e. The van der Waals surface area contributed by atoms with Crippen molar-refractivity contribution in [3.05, 3.63) is 86.9 Å². The number of alkyl halides is 3. The van der Waals surface area contributed by atoms with E-state index >= 15 is 13.2 Å². The lowest BCUT2D eigenvalue weighted by Gasteiger charge is -2.31. The molecule has 0 saturated heterocycles. The van der Waals surface area contributed by atoms with Crippen LogP contribution >= 0.6 is 0 Å². The summed E-state index contributed by atoms with van der Waals surface area (Å²) in [5.41, 5.74) is -2.84. The van der Waals surface area contributed by atoms with Crippen molar-refractivity contribution in [3.8, 4) is 11.8 Å². The number of anilines is 1. The Morgan fingerprint density at radius 1 is 1.26 bits per heavy atom. The highest BCUT2D eigenvalue weighted by Gasteiger charge is 2.51. The third-order valence-corrected chi connectivity index (χ3v) is 6.03. The molecule has 0 fully saturated rings. The SMILES string of the molecule is Cc1nn(C)cc1[C@@H](c1cc(F)ccc1C#N)[C@@H](c1nc(C(=O)Nc2cnoc2)c(O)c(=O)n1C)C(F)(F)F. The number of carbonyl (C=O) groups is 1. The molecule has 1 aromatic carbocycles. The highest BCUT2D eigenvalue weighted by Crippen LogP contribution is 2.49. The normalized spacial score (nSPS) is 13.1. The van der Waals surface area contributed by atoms with Crippen molar-refractivity contribution in [1.29, 1.82) is 5.26 Å². The number of nitrogens with zero attached hydrogens (tertiary/aromatic N) is 6. The highest BCUT2D eigenvalue weighted by molar-refractivity contribution is 6.04. The molecule has 3 heterocycles. The molecule has 0 aliphatic carbocycles. The van der Waals surface area contributed by atoms with Gasteiger partial charge < -0.3 is 14.9 Å². The Morgan fingerprint density at radius 2 is 1.97 bits per heavy atom. The van der Waals surface area contributed by atoms with Gasteiger partial charge in [-0.2, -0.15) is 23.5 Å². The Balaban J connectivity index is 2.03. The van der Waals surface area contributed by atoms with Crippen LogP contribution in [0.4, 0.5) is 23.2 Å². The van der Waals surface area contributed by atoms with Gasteiger partial charge in [0.05, 0.1) is 23.5 Å². The molecule has 2 N–H and O–H groups in total. The van der Waals surface area contributed by atoms with Gasteiger partial charge in [0.15, 0.2) is 5.69 Å². The van der Waals surface area contributed by atoms with Crippen LogP contribution in [0.1, 0.15) is 50.5 Å². The zero-order chi connectivity index (χ0) is 28.6. The molecule has 0 unspecified atom stereocenters. The van der Waals surface area contributed by atoms with Gasteiger partial charge in [-0.1, -0.05) is 5.16 Å². The maximum Gasteiger partial charge on any atom is 0.399 e. The molecule has 39 heavy (non-hydrogen) atoms. The number of halogens is 4. The van der Waals surface area contributed by atoms with E-state index in [1.54, 1.807) is 6.07 Å². The molecule has 0 aliphatic heterocycles. The van der Waals surface area contributed by atoms with E-state index in [1.165, 1.54) is 24.9 Å². The molecule has 2 atom stereocenters. The lowest BCUT2D eigenvalue weighted by molar-refractivity contribution is -0.156. The number of amides is 1. The minimum atomic E-state index is -5.16. The van der Waals surface area contributed by atoms with E-state index in [0.717, 1.165) is 37.7 Å². The molecule has 0 aliphatic rings. The lowest BCUT2D eigenvalue weighted by atomic mass is 9.78. The highest BCUT2D eigenvalue weighted by atomic mass is 19.4. The number of hydrogen-bond donors (Lipinski definition) is 2. The first-order valence-corrected chi connectivity index (χ1v) is 11.1. The van der Waals surface area contributed by atoms with Gasteiger partial charge in [-0.05, 0) is 30.7 Å². The van der Waals surface area contributed by atoms with E-state index in [4.69, 9.17) is 0 Å². The van der Waals surface area contributed by atoms with Gasteiger partial charge in [-0.15, -0.1) is 0 Å². The van der Waals surface area contributed by atoms with Gasteiger partial charge in [-0.25, -0.2) is 9.37 Å². The first-order chi connectivity index (χ1) is 18.3. The van der Waals surface area contributed by atoms with Crippen LogP contribution in [0.25, 0.3) is 0 Å². The summed E-state index contributed by atoms with van der Waals surface area (Å²) in [6, 6.07) is 4.55. The van der Waals surface area contributed by atoms with Crippen molar-refractivity contribution in [2.75, 3.05) is 5.32 Å². The molecular weight excluding hydrogens is 526 g/mol. The topological polar surface area (TPSA) is 152 Å². The molecule has 202 valence electrons. The van der Waals surface area contributed by atoms with Crippen LogP contribution < -0.4 is 10.9 Å². The first kappa shape index (κ1) is 27.0. The second-order valence-corrected chi connectivity index (χ2v) is 8.58. The van der Waals surface area contributed by atoms with Crippen molar-refractivity contribution in [3.63, 3.8) is 0 Å². The molecule has 4 aromatic rings.